The van der Waals surface area contributed by atoms with Gasteiger partial charge in [-0.15, -0.1) is 0 Å². The van der Waals surface area contributed by atoms with Crippen molar-refractivity contribution < 1.29 is 14.4 Å². The highest BCUT2D eigenvalue weighted by atomic mass is 16.4. The van der Waals surface area contributed by atoms with Crippen molar-refractivity contribution in [2.24, 2.45) is 0 Å². The number of carbonyl (C=O) groups is 1. The molecule has 0 aromatic carbocycles. The average Bonchev–Trinajstić information content (AvgIpc) is 2.42. The molecule has 0 heterocycles. The molecule has 0 aromatic heterocycles. The van der Waals surface area contributed by atoms with Gasteiger partial charge in [-0.25, -0.2) is 4.79 Å². The van der Waals surface area contributed by atoms with Gasteiger partial charge in [-0.05, 0) is 12.8 Å². The molecule has 0 aliphatic rings. The maximum Gasteiger partial charge on any atom is 0.359 e. The molecule has 0 radical (unpaired) electrons. The maximum atomic E-state index is 10.7. The Hall–Kier alpha value is -0.570. The summed E-state index contributed by atoms with van der Waals surface area (Å²) in [6.07, 6.45) is 17.7. The molecule has 0 bridgehead atoms. The van der Waals surface area contributed by atoms with Gasteiger partial charge < -0.3 is 9.59 Å². The summed E-state index contributed by atoms with van der Waals surface area (Å²) in [5.41, 5.74) is 0. The van der Waals surface area contributed by atoms with Crippen molar-refractivity contribution in [3.63, 3.8) is 0 Å². The lowest BCUT2D eigenvalue weighted by Crippen LogP contribution is -2.44. The Kier molecular flexibility index (Phi) is 13.7. The molecular formula is C19H40NO2+. The first-order valence-electron chi connectivity index (χ1n) is 9.52. The van der Waals surface area contributed by atoms with Crippen LogP contribution < -0.4 is 0 Å². The van der Waals surface area contributed by atoms with Crippen LogP contribution in [0.25, 0.3) is 0 Å². The quantitative estimate of drug-likeness (QED) is 0.312. The first-order valence-corrected chi connectivity index (χ1v) is 9.52. The van der Waals surface area contributed by atoms with Crippen LogP contribution in [0.4, 0.5) is 0 Å². The van der Waals surface area contributed by atoms with E-state index in [2.05, 4.69) is 6.92 Å². The molecule has 0 saturated carbocycles. The van der Waals surface area contributed by atoms with Crippen molar-refractivity contribution in [2.45, 2.75) is 90.4 Å². The van der Waals surface area contributed by atoms with Crippen LogP contribution in [0, 0.1) is 0 Å². The molecule has 0 atom stereocenters. The molecule has 3 nitrogen and oxygen atoms in total. The second-order valence-corrected chi connectivity index (χ2v) is 7.45. The van der Waals surface area contributed by atoms with Crippen molar-refractivity contribution in [1.29, 1.82) is 0 Å². The van der Waals surface area contributed by atoms with E-state index in [1.54, 1.807) is 0 Å². The maximum absolute atomic E-state index is 10.7. The Morgan fingerprint density at radius 2 is 1.09 bits per heavy atom. The van der Waals surface area contributed by atoms with E-state index in [-0.39, 0.29) is 6.54 Å². The van der Waals surface area contributed by atoms with Gasteiger partial charge in [0.25, 0.3) is 0 Å². The number of nitrogens with zero attached hydrogens (tertiary/aromatic N) is 1. The first-order chi connectivity index (χ1) is 10.5. The van der Waals surface area contributed by atoms with E-state index < -0.39 is 5.97 Å². The second-order valence-electron chi connectivity index (χ2n) is 7.45. The lowest BCUT2D eigenvalue weighted by molar-refractivity contribution is -0.883. The van der Waals surface area contributed by atoms with Gasteiger partial charge >= 0.3 is 5.97 Å². The van der Waals surface area contributed by atoms with Crippen molar-refractivity contribution in [2.75, 3.05) is 27.2 Å². The van der Waals surface area contributed by atoms with E-state index in [1.807, 2.05) is 14.1 Å². The number of carboxylic acid groups (broad SMARTS) is 1. The third kappa shape index (κ3) is 15.8. The third-order valence-corrected chi connectivity index (χ3v) is 4.43. The van der Waals surface area contributed by atoms with Gasteiger partial charge in [0.05, 0.1) is 20.6 Å². The fourth-order valence-corrected chi connectivity index (χ4v) is 3.00. The van der Waals surface area contributed by atoms with Gasteiger partial charge in [-0.2, -0.15) is 0 Å². The number of carboxylic acids is 1. The van der Waals surface area contributed by atoms with Crippen molar-refractivity contribution in [1.82, 2.24) is 0 Å². The number of hydrogen-bond donors (Lipinski definition) is 1. The standard InChI is InChI=1S/C19H39NO2/c1-4-5-6-7-8-9-10-11-12-13-14-15-16-17-20(2,3)18-19(21)22/h4-18H2,1-3H3/p+1. The fraction of sp³-hybridized carbons (Fsp3) is 0.947. The van der Waals surface area contributed by atoms with Gasteiger partial charge in [-0.3, -0.25) is 0 Å². The molecule has 0 amide bonds. The van der Waals surface area contributed by atoms with Crippen molar-refractivity contribution >= 4 is 5.97 Å². The largest absolute Gasteiger partial charge is 0.477 e. The normalized spacial score (nSPS) is 11.8. The molecule has 0 saturated heterocycles. The summed E-state index contributed by atoms with van der Waals surface area (Å²) in [5, 5.41) is 8.84. The summed E-state index contributed by atoms with van der Waals surface area (Å²) in [4.78, 5) is 10.7. The van der Waals surface area contributed by atoms with Crippen LogP contribution in [0.2, 0.25) is 0 Å². The van der Waals surface area contributed by atoms with Gasteiger partial charge in [-0.1, -0.05) is 77.6 Å². The summed E-state index contributed by atoms with van der Waals surface area (Å²) >= 11 is 0. The number of quaternary nitrogens is 1. The summed E-state index contributed by atoms with van der Waals surface area (Å²) in [6, 6.07) is 0. The lowest BCUT2D eigenvalue weighted by Gasteiger charge is -2.27. The molecule has 0 fully saturated rings. The Morgan fingerprint density at radius 3 is 1.45 bits per heavy atom. The zero-order valence-corrected chi connectivity index (χ0v) is 15.4. The molecule has 0 aromatic rings. The highest BCUT2D eigenvalue weighted by Crippen LogP contribution is 2.13. The van der Waals surface area contributed by atoms with Gasteiger partial charge in [0, 0.05) is 0 Å². The fourth-order valence-electron chi connectivity index (χ4n) is 3.00. The Bertz CT molecular complexity index is 264. The van der Waals surface area contributed by atoms with Gasteiger partial charge in [0.1, 0.15) is 0 Å². The smallest absolute Gasteiger partial charge is 0.359 e. The van der Waals surface area contributed by atoms with Crippen molar-refractivity contribution in [3.05, 3.63) is 0 Å². The highest BCUT2D eigenvalue weighted by molar-refractivity contribution is 5.67. The van der Waals surface area contributed by atoms with E-state index >= 15 is 0 Å². The van der Waals surface area contributed by atoms with E-state index in [0.29, 0.717) is 4.48 Å². The summed E-state index contributed by atoms with van der Waals surface area (Å²) in [6.45, 7) is 3.48. The minimum Gasteiger partial charge on any atom is -0.477 e. The average molecular weight is 315 g/mol. The van der Waals surface area contributed by atoms with Crippen LogP contribution in [0.3, 0.4) is 0 Å². The van der Waals surface area contributed by atoms with E-state index in [4.69, 9.17) is 5.11 Å². The number of unbranched alkanes of at least 4 members (excludes halogenated alkanes) is 12. The molecule has 0 unspecified atom stereocenters. The number of rotatable bonds is 16. The lowest BCUT2D eigenvalue weighted by atomic mass is 10.0. The zero-order chi connectivity index (χ0) is 16.7. The summed E-state index contributed by atoms with van der Waals surface area (Å²) < 4.78 is 0.605. The Morgan fingerprint density at radius 1 is 0.727 bits per heavy atom. The molecule has 0 spiro atoms. The topological polar surface area (TPSA) is 37.3 Å². The molecule has 0 rings (SSSR count). The van der Waals surface area contributed by atoms with Gasteiger partial charge in [0.15, 0.2) is 6.54 Å². The first kappa shape index (κ1) is 21.4. The molecule has 0 aliphatic heterocycles. The van der Waals surface area contributed by atoms with Crippen LogP contribution in [0.5, 0.6) is 0 Å². The predicted molar refractivity (Wildman–Crippen MR) is 95.2 cm³/mol. The van der Waals surface area contributed by atoms with Crippen LogP contribution >= 0.6 is 0 Å². The second kappa shape index (κ2) is 14.0. The van der Waals surface area contributed by atoms with Crippen LogP contribution in [0.1, 0.15) is 90.4 Å². The molecule has 132 valence electrons. The monoisotopic (exact) mass is 314 g/mol. The van der Waals surface area contributed by atoms with Gasteiger partial charge in [0.2, 0.25) is 0 Å². The number of aliphatic carboxylic acids is 1. The minimum absolute atomic E-state index is 0.234. The van der Waals surface area contributed by atoms with E-state index in [1.165, 1.54) is 77.0 Å². The summed E-state index contributed by atoms with van der Waals surface area (Å²) in [5.74, 6) is -0.695. The summed E-state index contributed by atoms with van der Waals surface area (Å²) in [7, 11) is 4.02. The highest BCUT2D eigenvalue weighted by Gasteiger charge is 2.18. The van der Waals surface area contributed by atoms with Crippen LogP contribution in [0.15, 0.2) is 0 Å². The third-order valence-electron chi connectivity index (χ3n) is 4.43. The zero-order valence-electron chi connectivity index (χ0n) is 15.4. The van der Waals surface area contributed by atoms with E-state index in [9.17, 15) is 4.79 Å². The molecule has 3 heteroatoms. The number of likely N-dealkylation sites (N-methyl/N-ethyl adjacent to an activating group) is 1. The number of hydrogen-bond acceptors (Lipinski definition) is 1. The Balaban J connectivity index is 3.22. The Labute approximate surface area is 138 Å². The molecular weight excluding hydrogens is 274 g/mol. The van der Waals surface area contributed by atoms with Crippen LogP contribution in [-0.2, 0) is 4.79 Å². The SMILES string of the molecule is CCCCCCCCCCCCCCC[N+](C)(C)CC(=O)O. The molecule has 1 N–H and O–H groups in total. The molecule has 22 heavy (non-hydrogen) atoms. The van der Waals surface area contributed by atoms with Crippen molar-refractivity contribution in [3.8, 4) is 0 Å². The van der Waals surface area contributed by atoms with E-state index in [0.717, 1.165) is 13.0 Å². The molecule has 0 aliphatic carbocycles. The minimum atomic E-state index is -0.695. The predicted octanol–water partition coefficient (Wildman–Crippen LogP) is 5.24. The van der Waals surface area contributed by atoms with Crippen LogP contribution in [-0.4, -0.2) is 42.7 Å².